The van der Waals surface area contributed by atoms with E-state index in [4.69, 9.17) is 18.9 Å². The van der Waals surface area contributed by atoms with Crippen molar-refractivity contribution >= 4 is 28.7 Å². The molecule has 3 aliphatic carbocycles. The summed E-state index contributed by atoms with van der Waals surface area (Å²) in [5, 5.41) is 11.0. The highest BCUT2D eigenvalue weighted by Crippen LogP contribution is 2.68. The molecule has 6 unspecified atom stereocenters. The van der Waals surface area contributed by atoms with Crippen LogP contribution in [-0.4, -0.2) is 49.4 Å². The first-order valence-electron chi connectivity index (χ1n) is 11.2. The van der Waals surface area contributed by atoms with E-state index in [9.17, 15) is 19.5 Å². The molecule has 8 nitrogen and oxygen atoms in total. The number of carboxylic acid groups (broad SMARTS) is 1. The van der Waals surface area contributed by atoms with Crippen LogP contribution in [0.15, 0.2) is 30.4 Å². The lowest BCUT2D eigenvalue weighted by molar-refractivity contribution is -0.155. The van der Waals surface area contributed by atoms with Gasteiger partial charge in [0.05, 0.1) is 19.8 Å². The fraction of sp³-hybridized carbons (Fsp3) is 0.423. The molecular formula is C26H26O8. The number of methoxy groups -OCH3 is 2. The number of carbonyl (C=O) groups is 3. The molecule has 2 bridgehead atoms. The number of esters is 2. The maximum Gasteiger partial charge on any atom is 0.335 e. The number of aromatic carboxylic acids is 1. The minimum Gasteiger partial charge on any atom is -0.496 e. The first-order valence-corrected chi connectivity index (χ1v) is 11.2. The van der Waals surface area contributed by atoms with Gasteiger partial charge in [0.1, 0.15) is 23.7 Å². The van der Waals surface area contributed by atoms with Gasteiger partial charge in [-0.15, -0.1) is 0 Å². The molecule has 5 rings (SSSR count). The Bertz CT molecular complexity index is 1250. The Morgan fingerprint density at radius 1 is 0.824 bits per heavy atom. The lowest BCUT2D eigenvalue weighted by atomic mass is 9.67. The average molecular weight is 466 g/mol. The molecule has 0 aromatic heterocycles. The number of rotatable bonds is 5. The lowest BCUT2D eigenvalue weighted by Crippen LogP contribution is -2.43. The molecular weight excluding hydrogens is 440 g/mol. The molecule has 0 heterocycles. The summed E-state index contributed by atoms with van der Waals surface area (Å²) in [4.78, 5) is 35.4. The van der Waals surface area contributed by atoms with Crippen molar-refractivity contribution in [2.24, 2.45) is 11.8 Å². The molecule has 0 aliphatic heterocycles. The highest BCUT2D eigenvalue weighted by Gasteiger charge is 2.60. The normalized spacial score (nSPS) is 28.2. The lowest BCUT2D eigenvalue weighted by Gasteiger charge is -2.42. The zero-order chi connectivity index (χ0) is 24.3. The van der Waals surface area contributed by atoms with Crippen LogP contribution in [0.3, 0.4) is 0 Å². The third-order valence-electron chi connectivity index (χ3n) is 7.42. The van der Waals surface area contributed by atoms with Crippen molar-refractivity contribution in [1.82, 2.24) is 0 Å². The number of hydrogen-bond acceptors (Lipinski definition) is 7. The van der Waals surface area contributed by atoms with Crippen LogP contribution in [0.5, 0.6) is 11.5 Å². The predicted octanol–water partition coefficient (Wildman–Crippen LogP) is 3.81. The van der Waals surface area contributed by atoms with Crippen molar-refractivity contribution in [3.63, 3.8) is 0 Å². The molecule has 0 radical (unpaired) electrons. The number of fused-ring (bicyclic) bond motifs is 9. The molecule has 1 saturated carbocycles. The van der Waals surface area contributed by atoms with E-state index >= 15 is 0 Å². The molecule has 6 atom stereocenters. The standard InChI is InChI=1S/C26H26O8/c1-11(27)33-18-7-8-19(34-12(2)28)21-17-10-16(20(18)21)22-23(17)25(32-4)15-9-13(26(29)30)5-6-14(15)24(22)31-3/h5-9,16-21H,10H2,1-4H3,(H,29,30). The van der Waals surface area contributed by atoms with E-state index in [1.807, 2.05) is 12.2 Å². The van der Waals surface area contributed by atoms with Crippen LogP contribution < -0.4 is 9.47 Å². The van der Waals surface area contributed by atoms with E-state index in [2.05, 4.69) is 0 Å². The monoisotopic (exact) mass is 466 g/mol. The maximum atomic E-state index is 11.9. The maximum absolute atomic E-state index is 11.9. The van der Waals surface area contributed by atoms with Crippen molar-refractivity contribution in [1.29, 1.82) is 0 Å². The van der Waals surface area contributed by atoms with E-state index in [-0.39, 0.29) is 41.2 Å². The number of carboxylic acids is 1. The summed E-state index contributed by atoms with van der Waals surface area (Å²) < 4.78 is 23.1. The van der Waals surface area contributed by atoms with Crippen molar-refractivity contribution in [2.75, 3.05) is 14.2 Å². The average Bonchev–Trinajstić information content (AvgIpc) is 3.36. The summed E-state index contributed by atoms with van der Waals surface area (Å²) in [6, 6.07) is 4.90. The Labute approximate surface area is 196 Å². The molecule has 1 N–H and O–H groups in total. The number of ether oxygens (including phenoxy) is 4. The zero-order valence-corrected chi connectivity index (χ0v) is 19.4. The molecule has 1 fully saturated rings. The van der Waals surface area contributed by atoms with Crippen molar-refractivity contribution in [3.05, 3.63) is 47.0 Å². The summed E-state index contributed by atoms with van der Waals surface area (Å²) in [6.45, 7) is 2.77. The van der Waals surface area contributed by atoms with Gasteiger partial charge in [-0.05, 0) is 48.6 Å². The Hall–Kier alpha value is -3.55. The molecule has 0 amide bonds. The van der Waals surface area contributed by atoms with E-state index in [0.29, 0.717) is 16.9 Å². The second kappa shape index (κ2) is 8.04. The highest BCUT2D eigenvalue weighted by atomic mass is 16.6. The fourth-order valence-corrected chi connectivity index (χ4v) is 6.51. The molecule has 0 spiro atoms. The molecule has 0 saturated heterocycles. The molecule has 178 valence electrons. The summed E-state index contributed by atoms with van der Waals surface area (Å²) in [6.07, 6.45) is 3.48. The first kappa shape index (κ1) is 22.3. The number of hydrogen-bond donors (Lipinski definition) is 1. The van der Waals surface area contributed by atoms with Crippen LogP contribution in [-0.2, 0) is 19.1 Å². The van der Waals surface area contributed by atoms with Crippen LogP contribution in [0.2, 0.25) is 0 Å². The molecule has 8 heteroatoms. The first-order chi connectivity index (χ1) is 16.3. The van der Waals surface area contributed by atoms with Gasteiger partial charge in [-0.3, -0.25) is 9.59 Å². The van der Waals surface area contributed by atoms with Gasteiger partial charge in [0.15, 0.2) is 0 Å². The topological polar surface area (TPSA) is 108 Å². The summed E-state index contributed by atoms with van der Waals surface area (Å²) in [5.74, 6) is -0.748. The second-order valence-corrected chi connectivity index (χ2v) is 9.10. The largest absolute Gasteiger partial charge is 0.496 e. The SMILES string of the molecule is COc1c2c(c(OC)c3cc(C(=O)O)ccc13)C1CC2C2C(OC(C)=O)C=CC(OC(C)=O)C12. The van der Waals surface area contributed by atoms with Gasteiger partial charge >= 0.3 is 17.9 Å². The van der Waals surface area contributed by atoms with Crippen LogP contribution in [0.4, 0.5) is 0 Å². The highest BCUT2D eigenvalue weighted by molar-refractivity contribution is 6.01. The Kier molecular flexibility index (Phi) is 5.26. The quantitative estimate of drug-likeness (QED) is 0.524. The predicted molar refractivity (Wildman–Crippen MR) is 121 cm³/mol. The zero-order valence-electron chi connectivity index (χ0n) is 19.4. The smallest absolute Gasteiger partial charge is 0.335 e. The van der Waals surface area contributed by atoms with Gasteiger partial charge in [-0.1, -0.05) is 0 Å². The van der Waals surface area contributed by atoms with E-state index < -0.39 is 18.2 Å². The molecule has 34 heavy (non-hydrogen) atoms. The van der Waals surface area contributed by atoms with Crippen molar-refractivity contribution in [3.8, 4) is 11.5 Å². The van der Waals surface area contributed by atoms with Gasteiger partial charge in [0, 0.05) is 47.6 Å². The third-order valence-corrected chi connectivity index (χ3v) is 7.42. The minimum absolute atomic E-state index is 0.00948. The van der Waals surface area contributed by atoms with Gasteiger partial charge in [0.25, 0.3) is 0 Å². The second-order valence-electron chi connectivity index (χ2n) is 9.10. The summed E-state index contributed by atoms with van der Waals surface area (Å²) >= 11 is 0. The van der Waals surface area contributed by atoms with Crippen LogP contribution >= 0.6 is 0 Å². The minimum atomic E-state index is -1.03. The van der Waals surface area contributed by atoms with Gasteiger partial charge < -0.3 is 24.1 Å². The molecule has 2 aromatic carbocycles. The van der Waals surface area contributed by atoms with Crippen LogP contribution in [0, 0.1) is 11.8 Å². The Morgan fingerprint density at radius 3 is 1.76 bits per heavy atom. The number of benzene rings is 2. The van der Waals surface area contributed by atoms with E-state index in [1.54, 1.807) is 32.4 Å². The van der Waals surface area contributed by atoms with E-state index in [1.165, 1.54) is 13.8 Å². The van der Waals surface area contributed by atoms with Crippen molar-refractivity contribution in [2.45, 2.75) is 44.3 Å². The summed E-state index contributed by atoms with van der Waals surface area (Å²) in [7, 11) is 3.17. The molecule has 3 aliphatic rings. The van der Waals surface area contributed by atoms with Gasteiger partial charge in [-0.2, -0.15) is 0 Å². The van der Waals surface area contributed by atoms with Gasteiger partial charge in [0.2, 0.25) is 0 Å². The van der Waals surface area contributed by atoms with Crippen LogP contribution in [0.1, 0.15) is 53.6 Å². The third kappa shape index (κ3) is 3.15. The fourth-order valence-electron chi connectivity index (χ4n) is 6.51. The van der Waals surface area contributed by atoms with Gasteiger partial charge in [-0.25, -0.2) is 4.79 Å². The Morgan fingerprint density at radius 2 is 1.32 bits per heavy atom. The Balaban J connectivity index is 1.75. The number of carbonyl (C=O) groups excluding carboxylic acids is 2. The van der Waals surface area contributed by atoms with Crippen LogP contribution in [0.25, 0.3) is 10.8 Å². The van der Waals surface area contributed by atoms with Crippen molar-refractivity contribution < 1.29 is 38.4 Å². The van der Waals surface area contributed by atoms with E-state index in [0.717, 1.165) is 22.9 Å². The molecule has 2 aromatic rings. The summed E-state index contributed by atoms with van der Waals surface area (Å²) in [5.41, 5.74) is 2.10.